The lowest BCUT2D eigenvalue weighted by Gasteiger charge is -2.36. The fourth-order valence-electron chi connectivity index (χ4n) is 3.91. The standard InChI is InChI=1S/C25H29N5O6S/c31-13-16-7-9-17(10-8-16)21-12-20(14-37-25-26-15-27-29-25)35-24(36-21)18-3-1-4-19(11-18)28-22(32)5-2-6-23(33)30-34/h1,3-4,7-11,15,20-21,24,31,34H,2,5-6,12-14H2,(H,28,32)(H,30,33)(H,26,27,29)/t20-,21+,24+/m0/s1. The molecule has 3 aromatic rings. The summed E-state index contributed by atoms with van der Waals surface area (Å²) in [5, 5.41) is 28.2. The Balaban J connectivity index is 1.45. The van der Waals surface area contributed by atoms with Crippen molar-refractivity contribution in [3.05, 3.63) is 71.5 Å². The van der Waals surface area contributed by atoms with E-state index in [0.29, 0.717) is 29.4 Å². The lowest BCUT2D eigenvalue weighted by Crippen LogP contribution is -2.31. The highest BCUT2D eigenvalue weighted by molar-refractivity contribution is 7.99. The first-order chi connectivity index (χ1) is 18.0. The number of aromatic amines is 1. The van der Waals surface area contributed by atoms with E-state index in [2.05, 4.69) is 20.5 Å². The highest BCUT2D eigenvalue weighted by Gasteiger charge is 2.32. The number of nitrogens with zero attached hydrogens (tertiary/aromatic N) is 2. The predicted molar refractivity (Wildman–Crippen MR) is 134 cm³/mol. The van der Waals surface area contributed by atoms with Crippen LogP contribution in [0.25, 0.3) is 0 Å². The second-order valence-electron chi connectivity index (χ2n) is 8.51. The number of ether oxygens (including phenoxy) is 2. The van der Waals surface area contributed by atoms with Crippen molar-refractivity contribution in [3.8, 4) is 0 Å². The molecular formula is C25H29N5O6S. The highest BCUT2D eigenvalue weighted by atomic mass is 32.2. The molecule has 1 aliphatic rings. The summed E-state index contributed by atoms with van der Waals surface area (Å²) in [6.07, 6.45) is 1.56. The number of rotatable bonds is 11. The molecule has 5 N–H and O–H groups in total. The molecule has 4 rings (SSSR count). The summed E-state index contributed by atoms with van der Waals surface area (Å²) in [6.45, 7) is -0.0267. The largest absolute Gasteiger partial charge is 0.392 e. The van der Waals surface area contributed by atoms with Crippen molar-refractivity contribution in [2.24, 2.45) is 0 Å². The van der Waals surface area contributed by atoms with Crippen LogP contribution in [0.3, 0.4) is 0 Å². The Kier molecular flexibility index (Phi) is 9.63. The molecule has 0 bridgehead atoms. The minimum absolute atomic E-state index is 0.0267. The summed E-state index contributed by atoms with van der Waals surface area (Å²) in [5.41, 5.74) is 4.70. The number of H-pyrrole nitrogens is 1. The van der Waals surface area contributed by atoms with Gasteiger partial charge >= 0.3 is 0 Å². The van der Waals surface area contributed by atoms with Gasteiger partial charge in [0.2, 0.25) is 11.8 Å². The van der Waals surface area contributed by atoms with E-state index in [0.717, 1.165) is 16.7 Å². The van der Waals surface area contributed by atoms with Crippen molar-refractivity contribution in [1.82, 2.24) is 20.7 Å². The zero-order chi connectivity index (χ0) is 26.0. The molecule has 2 heterocycles. The Morgan fingerprint density at radius 2 is 1.89 bits per heavy atom. The van der Waals surface area contributed by atoms with Gasteiger partial charge in [-0.25, -0.2) is 10.5 Å². The van der Waals surface area contributed by atoms with Crippen LogP contribution in [0.1, 0.15) is 54.8 Å². The third-order valence-electron chi connectivity index (χ3n) is 5.79. The molecular weight excluding hydrogens is 498 g/mol. The van der Waals surface area contributed by atoms with Gasteiger partial charge in [0.1, 0.15) is 6.33 Å². The predicted octanol–water partition coefficient (Wildman–Crippen LogP) is 3.25. The first-order valence-electron chi connectivity index (χ1n) is 11.9. The second-order valence-corrected chi connectivity index (χ2v) is 9.52. The van der Waals surface area contributed by atoms with Crippen molar-refractivity contribution in [2.45, 2.75) is 55.9 Å². The van der Waals surface area contributed by atoms with Gasteiger partial charge in [0.05, 0.1) is 18.8 Å². The highest BCUT2D eigenvalue weighted by Crippen LogP contribution is 2.39. The number of carbonyl (C=O) groups excluding carboxylic acids is 2. The van der Waals surface area contributed by atoms with Crippen LogP contribution >= 0.6 is 11.8 Å². The summed E-state index contributed by atoms with van der Waals surface area (Å²) in [5.74, 6) is -0.132. The molecule has 1 aromatic heterocycles. The van der Waals surface area contributed by atoms with Crippen LogP contribution in [0, 0.1) is 0 Å². The molecule has 3 atom stereocenters. The Bertz CT molecular complexity index is 1160. The van der Waals surface area contributed by atoms with Crippen LogP contribution < -0.4 is 10.8 Å². The molecule has 0 saturated carbocycles. The summed E-state index contributed by atoms with van der Waals surface area (Å²) >= 11 is 1.51. The van der Waals surface area contributed by atoms with Crippen LogP contribution in [0.2, 0.25) is 0 Å². The molecule has 37 heavy (non-hydrogen) atoms. The van der Waals surface area contributed by atoms with Gasteiger partial charge in [-0.05, 0) is 29.7 Å². The van der Waals surface area contributed by atoms with E-state index in [4.69, 9.17) is 14.7 Å². The molecule has 11 nitrogen and oxygen atoms in total. The number of benzene rings is 2. The Hall–Kier alpha value is -3.29. The maximum Gasteiger partial charge on any atom is 0.243 e. The molecule has 0 spiro atoms. The number of aliphatic hydroxyl groups is 1. The van der Waals surface area contributed by atoms with Crippen LogP contribution in [0.5, 0.6) is 0 Å². The Morgan fingerprint density at radius 3 is 2.62 bits per heavy atom. The van der Waals surface area contributed by atoms with E-state index >= 15 is 0 Å². The third kappa shape index (κ3) is 7.84. The van der Waals surface area contributed by atoms with E-state index in [-0.39, 0.29) is 37.6 Å². The van der Waals surface area contributed by atoms with Gasteiger partial charge in [0, 0.05) is 36.3 Å². The van der Waals surface area contributed by atoms with E-state index in [1.165, 1.54) is 18.1 Å². The molecule has 1 aliphatic heterocycles. The number of hydrogen-bond donors (Lipinski definition) is 5. The number of thioether (sulfide) groups is 1. The van der Waals surface area contributed by atoms with Crippen molar-refractivity contribution < 1.29 is 29.4 Å². The quantitative estimate of drug-likeness (QED) is 0.143. The number of nitrogens with one attached hydrogen (secondary N) is 3. The van der Waals surface area contributed by atoms with Crippen molar-refractivity contribution in [3.63, 3.8) is 0 Å². The molecule has 12 heteroatoms. The van der Waals surface area contributed by atoms with Crippen LogP contribution in [-0.2, 0) is 25.7 Å². The number of anilines is 1. The molecule has 196 valence electrons. The molecule has 1 saturated heterocycles. The lowest BCUT2D eigenvalue weighted by atomic mass is 10.0. The summed E-state index contributed by atoms with van der Waals surface area (Å²) in [6, 6.07) is 14.9. The Morgan fingerprint density at radius 1 is 1.08 bits per heavy atom. The summed E-state index contributed by atoms with van der Waals surface area (Å²) in [7, 11) is 0. The summed E-state index contributed by atoms with van der Waals surface area (Å²) in [4.78, 5) is 27.6. The summed E-state index contributed by atoms with van der Waals surface area (Å²) < 4.78 is 12.7. The van der Waals surface area contributed by atoms with Gasteiger partial charge in [0.15, 0.2) is 11.4 Å². The molecule has 1 fully saturated rings. The molecule has 0 aliphatic carbocycles. The fraction of sp³-hybridized carbons (Fsp3) is 0.360. The number of aromatic nitrogens is 3. The van der Waals surface area contributed by atoms with Crippen molar-refractivity contribution in [2.75, 3.05) is 11.1 Å². The minimum atomic E-state index is -0.665. The first kappa shape index (κ1) is 26.8. The third-order valence-corrected chi connectivity index (χ3v) is 6.80. The molecule has 0 radical (unpaired) electrons. The van der Waals surface area contributed by atoms with E-state index in [1.807, 2.05) is 36.4 Å². The topological polar surface area (TPSA) is 159 Å². The number of hydrogen-bond acceptors (Lipinski definition) is 9. The van der Waals surface area contributed by atoms with Gasteiger partial charge in [-0.1, -0.05) is 48.2 Å². The van der Waals surface area contributed by atoms with Crippen LogP contribution in [0.4, 0.5) is 5.69 Å². The number of amides is 2. The van der Waals surface area contributed by atoms with E-state index in [9.17, 15) is 14.7 Å². The number of hydroxylamine groups is 1. The number of carbonyl (C=O) groups is 2. The van der Waals surface area contributed by atoms with Crippen LogP contribution in [0.15, 0.2) is 60.0 Å². The fourth-order valence-corrected chi connectivity index (χ4v) is 4.71. The van der Waals surface area contributed by atoms with Gasteiger partial charge in [-0.2, -0.15) is 5.10 Å². The van der Waals surface area contributed by atoms with Gasteiger partial charge < -0.3 is 19.9 Å². The van der Waals surface area contributed by atoms with Crippen molar-refractivity contribution in [1.29, 1.82) is 0 Å². The van der Waals surface area contributed by atoms with Gasteiger partial charge in [-0.15, -0.1) is 0 Å². The average Bonchev–Trinajstić information content (AvgIpc) is 3.45. The number of aliphatic hydroxyl groups excluding tert-OH is 1. The van der Waals surface area contributed by atoms with Crippen LogP contribution in [-0.4, -0.2) is 49.2 Å². The van der Waals surface area contributed by atoms with Crippen molar-refractivity contribution >= 4 is 29.3 Å². The lowest BCUT2D eigenvalue weighted by molar-refractivity contribution is -0.245. The molecule has 0 unspecified atom stereocenters. The maximum atomic E-state index is 12.3. The van der Waals surface area contributed by atoms with Gasteiger partial charge in [0.25, 0.3) is 0 Å². The SMILES string of the molecule is O=C(CCCC(=O)Nc1cccc([C@@H]2O[C@H](CSc3ncn[nH]3)C[C@H](c3ccc(CO)cc3)O2)c1)NO. The normalized spacial score (nSPS) is 19.4. The van der Waals surface area contributed by atoms with E-state index in [1.54, 1.807) is 17.6 Å². The smallest absolute Gasteiger partial charge is 0.243 e. The maximum absolute atomic E-state index is 12.3. The van der Waals surface area contributed by atoms with E-state index < -0.39 is 12.2 Å². The monoisotopic (exact) mass is 527 g/mol. The zero-order valence-corrected chi connectivity index (χ0v) is 20.8. The molecule has 2 amide bonds. The average molecular weight is 528 g/mol. The first-order valence-corrected chi connectivity index (χ1v) is 12.8. The molecule has 2 aromatic carbocycles. The second kappa shape index (κ2) is 13.3. The zero-order valence-electron chi connectivity index (χ0n) is 20.0. The Labute approximate surface area is 217 Å². The van der Waals surface area contributed by atoms with Gasteiger partial charge in [-0.3, -0.25) is 19.9 Å². The minimum Gasteiger partial charge on any atom is -0.392 e.